The van der Waals surface area contributed by atoms with Crippen molar-refractivity contribution in [2.45, 2.75) is 19.3 Å². The molecule has 2 heterocycles. The van der Waals surface area contributed by atoms with E-state index in [0.717, 1.165) is 30.4 Å². The lowest BCUT2D eigenvalue weighted by molar-refractivity contribution is 0.0774. The van der Waals surface area contributed by atoms with E-state index in [4.69, 9.17) is 0 Å². The predicted molar refractivity (Wildman–Crippen MR) is 65.3 cm³/mol. The first kappa shape index (κ1) is 10.3. The zero-order valence-electron chi connectivity index (χ0n) is 9.52. The van der Waals surface area contributed by atoms with Gasteiger partial charge in [-0.3, -0.25) is 4.79 Å². The number of hydrogen-bond donors (Lipinski definition) is 1. The second-order valence-electron chi connectivity index (χ2n) is 4.31. The highest BCUT2D eigenvalue weighted by Crippen LogP contribution is 2.18. The van der Waals surface area contributed by atoms with Gasteiger partial charge in [-0.1, -0.05) is 0 Å². The third-order valence-corrected chi connectivity index (χ3v) is 3.13. The largest absolute Gasteiger partial charge is 0.345 e. The lowest BCUT2D eigenvalue weighted by atomic mass is 10.1. The number of carbonyl (C=O) groups is 1. The molecule has 1 aliphatic heterocycles. The van der Waals surface area contributed by atoms with Crippen LogP contribution in [0.2, 0.25) is 0 Å². The van der Waals surface area contributed by atoms with Crippen molar-refractivity contribution in [3.05, 3.63) is 36.6 Å². The minimum Gasteiger partial charge on any atom is -0.345 e. The summed E-state index contributed by atoms with van der Waals surface area (Å²) >= 11 is 0. The number of fused-ring (bicyclic) bond motifs is 1. The predicted octanol–water partition coefficient (Wildman–Crippen LogP) is 2.35. The monoisotopic (exact) mass is 228 g/mol. The molecule has 4 nitrogen and oxygen atoms in total. The van der Waals surface area contributed by atoms with Gasteiger partial charge in [-0.2, -0.15) is 0 Å². The van der Waals surface area contributed by atoms with Crippen LogP contribution in [0, 0.1) is 6.54 Å². The zero-order valence-corrected chi connectivity index (χ0v) is 9.52. The molecular weight excluding hydrogens is 214 g/mol. The van der Waals surface area contributed by atoms with Crippen LogP contribution in [0.5, 0.6) is 0 Å². The lowest BCUT2D eigenvalue weighted by Gasteiger charge is -2.26. The molecule has 0 bridgehead atoms. The molecule has 3 rings (SSSR count). The van der Waals surface area contributed by atoms with Gasteiger partial charge in [0, 0.05) is 12.1 Å². The molecule has 1 saturated heterocycles. The Balaban J connectivity index is 1.88. The summed E-state index contributed by atoms with van der Waals surface area (Å²) in [7, 11) is 0. The van der Waals surface area contributed by atoms with Crippen molar-refractivity contribution in [2.24, 2.45) is 0 Å². The average molecular weight is 228 g/mol. The van der Waals surface area contributed by atoms with Crippen molar-refractivity contribution < 1.29 is 4.79 Å². The first-order valence-electron chi connectivity index (χ1n) is 5.92. The number of amides is 1. The molecule has 2 aromatic rings. The van der Waals surface area contributed by atoms with E-state index in [1.165, 1.54) is 6.42 Å². The number of H-pyrrole nitrogens is 1. The number of aromatic amines is 1. The van der Waals surface area contributed by atoms with Gasteiger partial charge in [0.05, 0.1) is 23.9 Å². The van der Waals surface area contributed by atoms with E-state index in [1.54, 1.807) is 6.33 Å². The maximum Gasteiger partial charge on any atom is 0.254 e. The van der Waals surface area contributed by atoms with Crippen LogP contribution in [0.25, 0.3) is 11.0 Å². The Kier molecular flexibility index (Phi) is 2.55. The van der Waals surface area contributed by atoms with Gasteiger partial charge in [0.2, 0.25) is 0 Å². The fourth-order valence-electron chi connectivity index (χ4n) is 2.18. The second-order valence-corrected chi connectivity index (χ2v) is 4.31. The summed E-state index contributed by atoms with van der Waals surface area (Å²) in [6.45, 7) is 2.83. The average Bonchev–Trinajstić information content (AvgIpc) is 2.86. The van der Waals surface area contributed by atoms with Crippen LogP contribution in [-0.2, 0) is 0 Å². The number of nitrogens with zero attached hydrogens (tertiary/aromatic N) is 2. The molecule has 0 atom stereocenters. The van der Waals surface area contributed by atoms with E-state index >= 15 is 0 Å². The summed E-state index contributed by atoms with van der Waals surface area (Å²) < 4.78 is 0. The normalized spacial score (nSPS) is 16.4. The number of imidazole rings is 1. The fraction of sp³-hybridized carbons (Fsp3) is 0.308. The van der Waals surface area contributed by atoms with E-state index in [9.17, 15) is 4.79 Å². The third-order valence-electron chi connectivity index (χ3n) is 3.13. The van der Waals surface area contributed by atoms with E-state index in [0.29, 0.717) is 5.56 Å². The Bertz CT molecular complexity index is 540. The molecule has 1 fully saturated rings. The first-order chi connectivity index (χ1) is 8.34. The minimum atomic E-state index is 0.0783. The molecule has 0 saturated carbocycles. The summed E-state index contributed by atoms with van der Waals surface area (Å²) in [5.74, 6) is 0.0783. The maximum absolute atomic E-state index is 12.2. The summed E-state index contributed by atoms with van der Waals surface area (Å²) in [4.78, 5) is 21.2. The Hall–Kier alpha value is -1.84. The number of aromatic nitrogens is 2. The highest BCUT2D eigenvalue weighted by Gasteiger charge is 2.18. The smallest absolute Gasteiger partial charge is 0.254 e. The second kappa shape index (κ2) is 4.20. The van der Waals surface area contributed by atoms with Crippen molar-refractivity contribution in [3.8, 4) is 0 Å². The molecule has 17 heavy (non-hydrogen) atoms. The van der Waals surface area contributed by atoms with E-state index < -0.39 is 0 Å². The van der Waals surface area contributed by atoms with Crippen LogP contribution in [0.3, 0.4) is 0 Å². The number of rotatable bonds is 1. The van der Waals surface area contributed by atoms with Crippen molar-refractivity contribution in [2.75, 3.05) is 6.54 Å². The number of piperidine rings is 1. The quantitative estimate of drug-likeness (QED) is 0.814. The van der Waals surface area contributed by atoms with E-state index in [1.807, 2.05) is 29.6 Å². The molecule has 87 valence electrons. The molecule has 0 unspecified atom stereocenters. The summed E-state index contributed by atoms with van der Waals surface area (Å²) in [6.07, 6.45) is 4.91. The maximum atomic E-state index is 12.2. The molecule has 0 spiro atoms. The Morgan fingerprint density at radius 3 is 3.12 bits per heavy atom. The number of carbonyl (C=O) groups excluding carboxylic acids is 1. The molecule has 1 radical (unpaired) electrons. The van der Waals surface area contributed by atoms with Crippen molar-refractivity contribution in [1.29, 1.82) is 0 Å². The SMILES string of the molecule is O=C(c1ccc2[nH]cnc2c1)N1[CH]CCCC1. The molecule has 1 aromatic carbocycles. The van der Waals surface area contributed by atoms with Crippen molar-refractivity contribution in [1.82, 2.24) is 14.9 Å². The highest BCUT2D eigenvalue weighted by molar-refractivity contribution is 5.97. The lowest BCUT2D eigenvalue weighted by Crippen LogP contribution is -2.32. The number of nitrogens with one attached hydrogen (secondary N) is 1. The Labute approximate surface area is 99.6 Å². The Morgan fingerprint density at radius 1 is 1.35 bits per heavy atom. The standard InChI is InChI=1S/C13H14N3O/c17-13(16-6-2-1-3-7-16)10-4-5-11-12(8-10)15-9-14-11/h4-6,8-9H,1-3,7H2,(H,14,15). The van der Waals surface area contributed by atoms with Crippen LogP contribution in [-0.4, -0.2) is 27.3 Å². The summed E-state index contributed by atoms with van der Waals surface area (Å²) in [5.41, 5.74) is 2.51. The molecule has 1 amide bonds. The third kappa shape index (κ3) is 1.90. The highest BCUT2D eigenvalue weighted by atomic mass is 16.2. The molecule has 1 aromatic heterocycles. The van der Waals surface area contributed by atoms with Gasteiger partial charge in [-0.15, -0.1) is 0 Å². The van der Waals surface area contributed by atoms with Crippen molar-refractivity contribution >= 4 is 16.9 Å². The van der Waals surface area contributed by atoms with Gasteiger partial charge in [0.1, 0.15) is 0 Å². The van der Waals surface area contributed by atoms with Gasteiger partial charge in [0.25, 0.3) is 5.91 Å². The van der Waals surface area contributed by atoms with Crippen LogP contribution in [0.1, 0.15) is 29.6 Å². The van der Waals surface area contributed by atoms with E-state index in [-0.39, 0.29) is 5.91 Å². The van der Waals surface area contributed by atoms with Gasteiger partial charge in [0.15, 0.2) is 0 Å². The van der Waals surface area contributed by atoms with Crippen LogP contribution in [0.15, 0.2) is 24.5 Å². The van der Waals surface area contributed by atoms with Gasteiger partial charge < -0.3 is 9.88 Å². The number of benzene rings is 1. The zero-order chi connectivity index (χ0) is 11.7. The van der Waals surface area contributed by atoms with Crippen LogP contribution >= 0.6 is 0 Å². The molecule has 4 heteroatoms. The van der Waals surface area contributed by atoms with Gasteiger partial charge in [-0.25, -0.2) is 4.98 Å². The molecule has 1 N–H and O–H groups in total. The van der Waals surface area contributed by atoms with Crippen molar-refractivity contribution in [3.63, 3.8) is 0 Å². The van der Waals surface area contributed by atoms with Gasteiger partial charge >= 0.3 is 0 Å². The van der Waals surface area contributed by atoms with Crippen LogP contribution in [0.4, 0.5) is 0 Å². The number of hydrogen-bond acceptors (Lipinski definition) is 2. The minimum absolute atomic E-state index is 0.0783. The topological polar surface area (TPSA) is 49.0 Å². The summed E-state index contributed by atoms with van der Waals surface area (Å²) in [5, 5.41) is 0. The molecule has 1 aliphatic rings. The summed E-state index contributed by atoms with van der Waals surface area (Å²) in [6, 6.07) is 5.60. The molecule has 0 aliphatic carbocycles. The molecular formula is C13H14N3O. The Morgan fingerprint density at radius 2 is 2.29 bits per heavy atom. The van der Waals surface area contributed by atoms with Gasteiger partial charge in [-0.05, 0) is 37.5 Å². The number of likely N-dealkylation sites (tertiary alicyclic amines) is 1. The fourth-order valence-corrected chi connectivity index (χ4v) is 2.18. The first-order valence-corrected chi connectivity index (χ1v) is 5.92. The van der Waals surface area contributed by atoms with Crippen LogP contribution < -0.4 is 0 Å². The van der Waals surface area contributed by atoms with E-state index in [2.05, 4.69) is 9.97 Å².